The standard InChI is InChI=1S/C15H20N2O3/c1-15(2,16)8-13(18)17-9-11-6-4-3-5-10(11)7-12(17)14(19)20/h3-6,12H,7-9,16H2,1-2H3,(H,19,20)/t12-/m1/s1. The van der Waals surface area contributed by atoms with Gasteiger partial charge >= 0.3 is 5.97 Å². The van der Waals surface area contributed by atoms with Crippen LogP contribution in [0.25, 0.3) is 0 Å². The van der Waals surface area contributed by atoms with E-state index in [1.807, 2.05) is 24.3 Å². The van der Waals surface area contributed by atoms with Crippen LogP contribution < -0.4 is 5.73 Å². The van der Waals surface area contributed by atoms with E-state index in [1.54, 1.807) is 13.8 Å². The summed E-state index contributed by atoms with van der Waals surface area (Å²) in [5, 5.41) is 9.36. The lowest BCUT2D eigenvalue weighted by Gasteiger charge is -2.36. The highest BCUT2D eigenvalue weighted by molar-refractivity contribution is 5.85. The summed E-state index contributed by atoms with van der Waals surface area (Å²) in [6.45, 7) is 3.86. The zero-order valence-electron chi connectivity index (χ0n) is 11.8. The zero-order chi connectivity index (χ0) is 14.9. The third-order valence-corrected chi connectivity index (χ3v) is 3.46. The normalized spacial score (nSPS) is 18.6. The van der Waals surface area contributed by atoms with E-state index in [4.69, 9.17) is 5.73 Å². The first-order chi connectivity index (χ1) is 9.28. The Labute approximate surface area is 118 Å². The van der Waals surface area contributed by atoms with E-state index in [-0.39, 0.29) is 12.3 Å². The Kier molecular flexibility index (Phi) is 3.81. The molecule has 5 heteroatoms. The molecule has 0 radical (unpaired) electrons. The van der Waals surface area contributed by atoms with Gasteiger partial charge in [-0.25, -0.2) is 4.79 Å². The lowest BCUT2D eigenvalue weighted by Crippen LogP contribution is -2.51. The van der Waals surface area contributed by atoms with Gasteiger partial charge < -0.3 is 15.7 Å². The highest BCUT2D eigenvalue weighted by atomic mass is 16.4. The lowest BCUT2D eigenvalue weighted by atomic mass is 9.92. The van der Waals surface area contributed by atoms with Crippen molar-refractivity contribution in [2.24, 2.45) is 5.73 Å². The van der Waals surface area contributed by atoms with Crippen molar-refractivity contribution in [2.45, 2.75) is 44.8 Å². The van der Waals surface area contributed by atoms with Crippen molar-refractivity contribution in [3.05, 3.63) is 35.4 Å². The van der Waals surface area contributed by atoms with Crippen molar-refractivity contribution in [3.8, 4) is 0 Å². The molecule has 1 amide bonds. The monoisotopic (exact) mass is 276 g/mol. The summed E-state index contributed by atoms with van der Waals surface area (Å²) < 4.78 is 0. The van der Waals surface area contributed by atoms with Gasteiger partial charge in [0, 0.05) is 24.9 Å². The van der Waals surface area contributed by atoms with Crippen molar-refractivity contribution in [1.82, 2.24) is 4.90 Å². The molecular formula is C15H20N2O3. The highest BCUT2D eigenvalue weighted by Gasteiger charge is 2.35. The molecule has 108 valence electrons. The molecular weight excluding hydrogens is 256 g/mol. The number of carboxylic acids is 1. The zero-order valence-corrected chi connectivity index (χ0v) is 11.8. The van der Waals surface area contributed by atoms with Crippen LogP contribution in [0, 0.1) is 0 Å². The fourth-order valence-corrected chi connectivity index (χ4v) is 2.50. The number of amides is 1. The van der Waals surface area contributed by atoms with E-state index in [1.165, 1.54) is 4.90 Å². The van der Waals surface area contributed by atoms with Crippen LogP contribution in [0.15, 0.2) is 24.3 Å². The minimum absolute atomic E-state index is 0.138. The van der Waals surface area contributed by atoms with Crippen molar-refractivity contribution in [1.29, 1.82) is 0 Å². The number of aliphatic carboxylic acids is 1. The van der Waals surface area contributed by atoms with Gasteiger partial charge in [-0.2, -0.15) is 0 Å². The van der Waals surface area contributed by atoms with Crippen LogP contribution in [0.5, 0.6) is 0 Å². The summed E-state index contributed by atoms with van der Waals surface area (Å²) in [5.41, 5.74) is 7.23. The Morgan fingerprint density at radius 2 is 1.95 bits per heavy atom. The molecule has 2 rings (SSSR count). The second-order valence-corrected chi connectivity index (χ2v) is 6.01. The molecule has 20 heavy (non-hydrogen) atoms. The van der Waals surface area contributed by atoms with Crippen LogP contribution in [-0.2, 0) is 22.6 Å². The average molecular weight is 276 g/mol. The Morgan fingerprint density at radius 3 is 2.50 bits per heavy atom. The Hall–Kier alpha value is -1.88. The van der Waals surface area contributed by atoms with Crippen molar-refractivity contribution < 1.29 is 14.7 Å². The van der Waals surface area contributed by atoms with E-state index in [0.29, 0.717) is 13.0 Å². The molecule has 0 aliphatic carbocycles. The Balaban J connectivity index is 2.27. The second-order valence-electron chi connectivity index (χ2n) is 6.01. The molecule has 0 aromatic heterocycles. The van der Waals surface area contributed by atoms with Crippen molar-refractivity contribution in [2.75, 3.05) is 0 Å². The molecule has 1 aromatic carbocycles. The number of carbonyl (C=O) groups is 2. The first kappa shape index (κ1) is 14.5. The van der Waals surface area contributed by atoms with Crippen LogP contribution >= 0.6 is 0 Å². The SMILES string of the molecule is CC(C)(N)CC(=O)N1Cc2ccccc2C[C@@H]1C(=O)O. The molecule has 1 atom stereocenters. The van der Waals surface area contributed by atoms with Gasteiger partial charge in [-0.3, -0.25) is 4.79 Å². The third kappa shape index (κ3) is 3.17. The third-order valence-electron chi connectivity index (χ3n) is 3.46. The first-order valence-corrected chi connectivity index (χ1v) is 6.66. The molecule has 1 aliphatic heterocycles. The van der Waals surface area contributed by atoms with Gasteiger partial charge in [0.15, 0.2) is 0 Å². The number of carbonyl (C=O) groups excluding carboxylic acids is 1. The molecule has 1 heterocycles. The summed E-state index contributed by atoms with van der Waals surface area (Å²) in [5.74, 6) is -1.18. The summed E-state index contributed by atoms with van der Waals surface area (Å²) in [6.07, 6.45) is 0.487. The first-order valence-electron chi connectivity index (χ1n) is 6.66. The van der Waals surface area contributed by atoms with E-state index >= 15 is 0 Å². The number of benzene rings is 1. The number of carboxylic acid groups (broad SMARTS) is 1. The maximum absolute atomic E-state index is 12.3. The van der Waals surface area contributed by atoms with Crippen LogP contribution in [0.1, 0.15) is 31.4 Å². The van der Waals surface area contributed by atoms with Crippen molar-refractivity contribution >= 4 is 11.9 Å². The summed E-state index contributed by atoms with van der Waals surface area (Å²) in [6, 6.07) is 6.83. The molecule has 3 N–H and O–H groups in total. The average Bonchev–Trinajstić information content (AvgIpc) is 2.35. The van der Waals surface area contributed by atoms with Gasteiger partial charge in [-0.1, -0.05) is 24.3 Å². The Morgan fingerprint density at radius 1 is 1.35 bits per heavy atom. The molecule has 0 saturated heterocycles. The van der Waals surface area contributed by atoms with Crippen LogP contribution in [0.3, 0.4) is 0 Å². The molecule has 1 aromatic rings. The quantitative estimate of drug-likeness (QED) is 0.867. The maximum atomic E-state index is 12.3. The summed E-state index contributed by atoms with van der Waals surface area (Å²) in [4.78, 5) is 25.2. The second kappa shape index (κ2) is 5.25. The molecule has 0 saturated carbocycles. The van der Waals surface area contributed by atoms with E-state index in [9.17, 15) is 14.7 Å². The number of hydrogen-bond acceptors (Lipinski definition) is 3. The largest absolute Gasteiger partial charge is 0.480 e. The molecule has 0 spiro atoms. The van der Waals surface area contributed by atoms with E-state index < -0.39 is 17.6 Å². The van der Waals surface area contributed by atoms with Crippen LogP contribution in [-0.4, -0.2) is 33.5 Å². The molecule has 0 bridgehead atoms. The lowest BCUT2D eigenvalue weighted by molar-refractivity contribution is -0.151. The minimum Gasteiger partial charge on any atom is -0.480 e. The van der Waals surface area contributed by atoms with Crippen LogP contribution in [0.2, 0.25) is 0 Å². The fourth-order valence-electron chi connectivity index (χ4n) is 2.50. The number of rotatable bonds is 3. The van der Waals surface area contributed by atoms with E-state index in [2.05, 4.69) is 0 Å². The number of nitrogens with zero attached hydrogens (tertiary/aromatic N) is 1. The molecule has 0 unspecified atom stereocenters. The predicted molar refractivity (Wildman–Crippen MR) is 75.0 cm³/mol. The number of hydrogen-bond donors (Lipinski definition) is 2. The van der Waals surface area contributed by atoms with Gasteiger partial charge in [0.05, 0.1) is 0 Å². The minimum atomic E-state index is -0.970. The molecule has 1 aliphatic rings. The number of nitrogens with two attached hydrogens (primary N) is 1. The van der Waals surface area contributed by atoms with Gasteiger partial charge in [0.1, 0.15) is 6.04 Å². The van der Waals surface area contributed by atoms with Crippen molar-refractivity contribution in [3.63, 3.8) is 0 Å². The van der Waals surface area contributed by atoms with Crippen LogP contribution in [0.4, 0.5) is 0 Å². The summed E-state index contributed by atoms with van der Waals surface area (Å²) >= 11 is 0. The fraction of sp³-hybridized carbons (Fsp3) is 0.467. The van der Waals surface area contributed by atoms with E-state index in [0.717, 1.165) is 11.1 Å². The molecule has 0 fully saturated rings. The highest BCUT2D eigenvalue weighted by Crippen LogP contribution is 2.25. The smallest absolute Gasteiger partial charge is 0.326 e. The predicted octanol–water partition coefficient (Wildman–Crippen LogP) is 1.15. The van der Waals surface area contributed by atoms with Gasteiger partial charge in [-0.05, 0) is 25.0 Å². The maximum Gasteiger partial charge on any atom is 0.326 e. The summed E-state index contributed by atoms with van der Waals surface area (Å²) in [7, 11) is 0. The topological polar surface area (TPSA) is 83.6 Å². The van der Waals surface area contributed by atoms with Gasteiger partial charge in [-0.15, -0.1) is 0 Å². The molecule has 5 nitrogen and oxygen atoms in total. The number of fused-ring (bicyclic) bond motifs is 1. The Bertz CT molecular complexity index is 534. The van der Waals surface area contributed by atoms with Gasteiger partial charge in [0.2, 0.25) is 5.91 Å². The van der Waals surface area contributed by atoms with Gasteiger partial charge in [0.25, 0.3) is 0 Å².